The van der Waals surface area contributed by atoms with Gasteiger partial charge in [0.05, 0.1) is 17.3 Å². The quantitative estimate of drug-likeness (QED) is 0.736. The summed E-state index contributed by atoms with van der Waals surface area (Å²) in [4.78, 5) is 27.3. The second kappa shape index (κ2) is 6.85. The lowest BCUT2D eigenvalue weighted by Gasteiger charge is -2.36. The fraction of sp³-hybridized carbons (Fsp3) is 0.333. The highest BCUT2D eigenvalue weighted by Gasteiger charge is 2.34. The number of hydrogen-bond donors (Lipinski definition) is 1. The molecule has 1 atom stereocenters. The Labute approximate surface area is 162 Å². The van der Waals surface area contributed by atoms with Crippen LogP contribution in [0.1, 0.15) is 52.8 Å². The Morgan fingerprint density at radius 3 is 2.78 bits per heavy atom. The van der Waals surface area contributed by atoms with Crippen LogP contribution in [0.5, 0.6) is 0 Å². The maximum absolute atomic E-state index is 12.7. The van der Waals surface area contributed by atoms with Gasteiger partial charge < -0.3 is 5.32 Å². The smallest absolute Gasteiger partial charge is 0.252 e. The highest BCUT2D eigenvalue weighted by Crippen LogP contribution is 2.40. The molecule has 0 spiro atoms. The molecule has 5 nitrogen and oxygen atoms in total. The first kappa shape index (κ1) is 17.8. The molecule has 1 aliphatic rings. The minimum Gasteiger partial charge on any atom is -0.345 e. The third-order valence-electron chi connectivity index (χ3n) is 4.91. The molecular weight excluding hydrogens is 356 g/mol. The predicted molar refractivity (Wildman–Crippen MR) is 107 cm³/mol. The van der Waals surface area contributed by atoms with Crippen molar-refractivity contribution in [3.63, 3.8) is 0 Å². The Balaban J connectivity index is 1.66. The molecule has 0 radical (unpaired) electrons. The molecule has 3 aromatic heterocycles. The van der Waals surface area contributed by atoms with E-state index in [0.717, 1.165) is 40.1 Å². The molecule has 1 amide bonds. The number of fused-ring (bicyclic) bond motifs is 1. The van der Waals surface area contributed by atoms with Crippen LogP contribution in [0.2, 0.25) is 0 Å². The molecule has 0 saturated heterocycles. The Kier molecular flexibility index (Phi) is 4.52. The van der Waals surface area contributed by atoms with Crippen LogP contribution in [-0.2, 0) is 6.42 Å². The zero-order chi connectivity index (χ0) is 19.0. The number of aromatic nitrogens is 3. The van der Waals surface area contributed by atoms with Gasteiger partial charge in [-0.3, -0.25) is 9.78 Å². The Morgan fingerprint density at radius 1 is 1.30 bits per heavy atom. The van der Waals surface area contributed by atoms with Crippen molar-refractivity contribution in [3.8, 4) is 11.4 Å². The van der Waals surface area contributed by atoms with Gasteiger partial charge in [-0.05, 0) is 43.4 Å². The molecule has 0 bridgehead atoms. The molecule has 6 heteroatoms. The van der Waals surface area contributed by atoms with Gasteiger partial charge in [0.25, 0.3) is 5.91 Å². The van der Waals surface area contributed by atoms with Crippen molar-refractivity contribution >= 4 is 17.2 Å². The number of hydrogen-bond acceptors (Lipinski definition) is 5. The second-order valence-electron chi connectivity index (χ2n) is 7.85. The van der Waals surface area contributed by atoms with Crippen LogP contribution in [0.25, 0.3) is 11.4 Å². The molecule has 1 unspecified atom stereocenters. The number of aryl methyl sites for hydroxylation is 1. The minimum atomic E-state index is -0.0806. The topological polar surface area (TPSA) is 67.8 Å². The molecule has 1 N–H and O–H groups in total. The number of carbonyl (C=O) groups is 1. The molecule has 4 rings (SSSR count). The number of nitrogens with zero attached hydrogens (tertiary/aromatic N) is 3. The van der Waals surface area contributed by atoms with Gasteiger partial charge in [0, 0.05) is 40.0 Å². The first-order valence-corrected chi connectivity index (χ1v) is 9.91. The molecule has 0 aliphatic heterocycles. The van der Waals surface area contributed by atoms with E-state index in [1.165, 1.54) is 0 Å². The van der Waals surface area contributed by atoms with Crippen LogP contribution >= 0.6 is 11.3 Å². The summed E-state index contributed by atoms with van der Waals surface area (Å²) < 4.78 is 0. The van der Waals surface area contributed by atoms with Gasteiger partial charge in [0.15, 0.2) is 5.82 Å². The van der Waals surface area contributed by atoms with Crippen molar-refractivity contribution in [2.75, 3.05) is 0 Å². The average molecular weight is 379 g/mol. The van der Waals surface area contributed by atoms with E-state index in [9.17, 15) is 4.79 Å². The molecule has 3 heterocycles. The number of carbonyl (C=O) groups excluding carboxylic acids is 1. The van der Waals surface area contributed by atoms with Crippen LogP contribution in [0, 0.1) is 12.3 Å². The van der Waals surface area contributed by atoms with E-state index in [1.54, 1.807) is 23.7 Å². The third kappa shape index (κ3) is 3.76. The molecule has 27 heavy (non-hydrogen) atoms. The van der Waals surface area contributed by atoms with Gasteiger partial charge in [-0.1, -0.05) is 13.8 Å². The lowest BCUT2D eigenvalue weighted by molar-refractivity contribution is 0.0919. The Hall–Kier alpha value is -2.60. The Morgan fingerprint density at radius 2 is 2.07 bits per heavy atom. The lowest BCUT2D eigenvalue weighted by atomic mass is 9.74. The lowest BCUT2D eigenvalue weighted by Crippen LogP contribution is -2.37. The predicted octanol–water partition coefficient (Wildman–Crippen LogP) is 4.35. The molecule has 1 aliphatic carbocycles. The molecule has 0 aromatic carbocycles. The summed E-state index contributed by atoms with van der Waals surface area (Å²) >= 11 is 1.59. The molecule has 0 saturated carbocycles. The van der Waals surface area contributed by atoms with E-state index in [2.05, 4.69) is 29.1 Å². The summed E-state index contributed by atoms with van der Waals surface area (Å²) in [5.41, 5.74) is 3.76. The summed E-state index contributed by atoms with van der Waals surface area (Å²) in [6.07, 6.45) is 7.10. The van der Waals surface area contributed by atoms with Gasteiger partial charge in [0.1, 0.15) is 0 Å². The van der Waals surface area contributed by atoms with Crippen LogP contribution in [0.3, 0.4) is 0 Å². The number of thiophene rings is 1. The van der Waals surface area contributed by atoms with E-state index >= 15 is 0 Å². The van der Waals surface area contributed by atoms with Crippen LogP contribution in [0.4, 0.5) is 0 Å². The van der Waals surface area contributed by atoms with Crippen LogP contribution < -0.4 is 5.32 Å². The van der Waals surface area contributed by atoms with Crippen molar-refractivity contribution in [3.05, 3.63) is 63.9 Å². The summed E-state index contributed by atoms with van der Waals surface area (Å²) in [7, 11) is 0. The summed E-state index contributed by atoms with van der Waals surface area (Å²) in [6.45, 7) is 6.45. The Bertz CT molecular complexity index is 981. The van der Waals surface area contributed by atoms with Crippen molar-refractivity contribution in [1.29, 1.82) is 0 Å². The van der Waals surface area contributed by atoms with Crippen LogP contribution in [0.15, 0.2) is 42.2 Å². The summed E-state index contributed by atoms with van der Waals surface area (Å²) in [5.74, 6) is 0.665. The van der Waals surface area contributed by atoms with Crippen molar-refractivity contribution in [1.82, 2.24) is 20.3 Å². The average Bonchev–Trinajstić information content (AvgIpc) is 3.07. The van der Waals surface area contributed by atoms with E-state index in [4.69, 9.17) is 4.98 Å². The van der Waals surface area contributed by atoms with Crippen LogP contribution in [-0.4, -0.2) is 20.9 Å². The number of nitrogens with one attached hydrogen (secondary N) is 1. The van der Waals surface area contributed by atoms with Gasteiger partial charge in [-0.2, -0.15) is 0 Å². The summed E-state index contributed by atoms with van der Waals surface area (Å²) in [6, 6.07) is 5.67. The van der Waals surface area contributed by atoms with Crippen molar-refractivity contribution < 1.29 is 4.79 Å². The maximum atomic E-state index is 12.7. The maximum Gasteiger partial charge on any atom is 0.252 e. The first-order chi connectivity index (χ1) is 12.9. The minimum absolute atomic E-state index is 0.0359. The molecule has 0 fully saturated rings. The standard InChI is InChI=1S/C21H22N4OS/c1-13-8-15(12-27-13)20(26)25-18-10-21(2,3)9-17-16(18)11-23-19(24-17)14-4-6-22-7-5-14/h4-8,11-12,18H,9-10H2,1-3H3,(H,25,26). The fourth-order valence-electron chi connectivity index (χ4n) is 3.62. The van der Waals surface area contributed by atoms with Gasteiger partial charge in [-0.15, -0.1) is 11.3 Å². The number of amides is 1. The normalized spacial score (nSPS) is 18.0. The van der Waals surface area contributed by atoms with Gasteiger partial charge in [0.2, 0.25) is 0 Å². The first-order valence-electron chi connectivity index (χ1n) is 9.03. The fourth-order valence-corrected chi connectivity index (χ4v) is 4.30. The third-order valence-corrected chi connectivity index (χ3v) is 5.78. The SMILES string of the molecule is Cc1cc(C(=O)NC2CC(C)(C)Cc3nc(-c4ccncc4)ncc32)cs1. The van der Waals surface area contributed by atoms with E-state index < -0.39 is 0 Å². The summed E-state index contributed by atoms with van der Waals surface area (Å²) in [5, 5.41) is 5.10. The number of pyridine rings is 1. The second-order valence-corrected chi connectivity index (χ2v) is 8.96. The van der Waals surface area contributed by atoms with Gasteiger partial charge in [-0.25, -0.2) is 9.97 Å². The molecular formula is C21H22N4OS. The molecule has 3 aromatic rings. The molecule has 138 valence electrons. The zero-order valence-corrected chi connectivity index (χ0v) is 16.5. The van der Waals surface area contributed by atoms with E-state index in [1.807, 2.05) is 36.7 Å². The van der Waals surface area contributed by atoms with E-state index in [0.29, 0.717) is 5.82 Å². The zero-order valence-electron chi connectivity index (χ0n) is 15.7. The van der Waals surface area contributed by atoms with Crippen molar-refractivity contribution in [2.24, 2.45) is 5.41 Å². The van der Waals surface area contributed by atoms with Crippen molar-refractivity contribution in [2.45, 2.75) is 39.7 Å². The monoisotopic (exact) mass is 378 g/mol. The highest BCUT2D eigenvalue weighted by atomic mass is 32.1. The van der Waals surface area contributed by atoms with E-state index in [-0.39, 0.29) is 17.4 Å². The largest absolute Gasteiger partial charge is 0.345 e. The number of rotatable bonds is 3. The highest BCUT2D eigenvalue weighted by molar-refractivity contribution is 7.10. The van der Waals surface area contributed by atoms with Gasteiger partial charge >= 0.3 is 0 Å².